The van der Waals surface area contributed by atoms with Gasteiger partial charge in [-0.15, -0.1) is 0 Å². The van der Waals surface area contributed by atoms with E-state index >= 15 is 0 Å². The number of nitrogens with one attached hydrogen (secondary N) is 4. The molecule has 0 saturated heterocycles. The fourth-order valence-electron chi connectivity index (χ4n) is 2.84. The molecule has 2 aromatic heterocycles. The Balaban J connectivity index is 1.71. The molecule has 1 amide bonds. The van der Waals surface area contributed by atoms with Crippen molar-refractivity contribution in [1.82, 2.24) is 15.0 Å². The molecule has 0 atom stereocenters. The smallest absolute Gasteiger partial charge is 0.231 e. The van der Waals surface area contributed by atoms with Crippen molar-refractivity contribution in [2.75, 3.05) is 23.0 Å². The number of hydrogen-bond acceptors (Lipinski definition) is 5. The van der Waals surface area contributed by atoms with Gasteiger partial charge in [-0.25, -0.2) is 4.39 Å². The maximum absolute atomic E-state index is 14.2. The van der Waals surface area contributed by atoms with E-state index in [-0.39, 0.29) is 11.6 Å². The van der Waals surface area contributed by atoms with Crippen molar-refractivity contribution in [3.8, 4) is 0 Å². The van der Waals surface area contributed by atoms with Crippen molar-refractivity contribution < 1.29 is 9.18 Å². The maximum Gasteiger partial charge on any atom is 0.231 e. The Bertz CT molecular complexity index is 951. The Morgan fingerprint density at radius 1 is 1.25 bits per heavy atom. The third-order valence-electron chi connectivity index (χ3n) is 3.97. The number of aromatic nitrogens is 3. The number of rotatable bonds is 3. The van der Waals surface area contributed by atoms with E-state index in [0.717, 1.165) is 10.9 Å². The molecular formula is C16H15FN6O. The molecule has 0 radical (unpaired) electrons. The summed E-state index contributed by atoms with van der Waals surface area (Å²) in [6, 6.07) is 5.01. The summed E-state index contributed by atoms with van der Waals surface area (Å²) >= 11 is 0. The van der Waals surface area contributed by atoms with Crippen molar-refractivity contribution >= 4 is 40.1 Å². The fraction of sp³-hybridized carbons (Fsp3) is 0.188. The first kappa shape index (κ1) is 14.4. The molecule has 0 fully saturated rings. The second-order valence-electron chi connectivity index (χ2n) is 5.55. The highest BCUT2D eigenvalue weighted by Gasteiger charge is 2.19. The zero-order chi connectivity index (χ0) is 16.7. The minimum atomic E-state index is -0.474. The Morgan fingerprint density at radius 3 is 2.96 bits per heavy atom. The average molecular weight is 326 g/mol. The largest absolute Gasteiger partial charge is 0.372 e. The lowest BCUT2D eigenvalue weighted by Gasteiger charge is -2.18. The van der Waals surface area contributed by atoms with Crippen LogP contribution in [0.25, 0.3) is 11.0 Å². The van der Waals surface area contributed by atoms with E-state index in [4.69, 9.17) is 0 Å². The summed E-state index contributed by atoms with van der Waals surface area (Å²) in [6.45, 7) is 0. The quantitative estimate of drug-likeness (QED) is 0.594. The van der Waals surface area contributed by atoms with Crippen molar-refractivity contribution in [2.45, 2.75) is 12.8 Å². The van der Waals surface area contributed by atoms with Gasteiger partial charge in [-0.1, -0.05) is 0 Å². The third kappa shape index (κ3) is 2.41. The third-order valence-corrected chi connectivity index (χ3v) is 3.97. The van der Waals surface area contributed by atoms with Gasteiger partial charge in [-0.05, 0) is 30.2 Å². The number of aryl methyl sites for hydroxylation is 1. The van der Waals surface area contributed by atoms with E-state index in [2.05, 4.69) is 30.9 Å². The van der Waals surface area contributed by atoms with Crippen LogP contribution in [0.2, 0.25) is 0 Å². The zero-order valence-electron chi connectivity index (χ0n) is 12.9. The van der Waals surface area contributed by atoms with Crippen LogP contribution in [0.1, 0.15) is 12.0 Å². The van der Waals surface area contributed by atoms with Gasteiger partial charge >= 0.3 is 0 Å². The SMILES string of the molecule is CNc1nc(Nc2cc(F)c3c(c2)CCC(=O)N3)nc2[nH]ccc12. The van der Waals surface area contributed by atoms with E-state index in [1.165, 1.54) is 6.07 Å². The molecule has 3 aromatic rings. The first-order valence-electron chi connectivity index (χ1n) is 7.56. The first-order valence-corrected chi connectivity index (χ1v) is 7.56. The monoisotopic (exact) mass is 326 g/mol. The molecule has 7 nitrogen and oxygen atoms in total. The molecule has 0 unspecified atom stereocenters. The molecule has 4 N–H and O–H groups in total. The number of benzene rings is 1. The topological polar surface area (TPSA) is 94.7 Å². The molecule has 0 aliphatic carbocycles. The Morgan fingerprint density at radius 2 is 2.12 bits per heavy atom. The fourth-order valence-corrected chi connectivity index (χ4v) is 2.84. The number of aromatic amines is 1. The highest BCUT2D eigenvalue weighted by molar-refractivity contribution is 5.94. The summed E-state index contributed by atoms with van der Waals surface area (Å²) in [4.78, 5) is 23.2. The molecule has 122 valence electrons. The number of amides is 1. The molecule has 4 rings (SSSR count). The van der Waals surface area contributed by atoms with Crippen LogP contribution >= 0.6 is 0 Å². The van der Waals surface area contributed by atoms with Gasteiger partial charge in [0, 0.05) is 25.4 Å². The molecule has 8 heteroatoms. The summed E-state index contributed by atoms with van der Waals surface area (Å²) in [6.07, 6.45) is 2.64. The minimum Gasteiger partial charge on any atom is -0.372 e. The normalized spacial score (nSPS) is 13.5. The van der Waals surface area contributed by atoms with Crippen molar-refractivity contribution in [1.29, 1.82) is 0 Å². The number of anilines is 4. The summed E-state index contributed by atoms with van der Waals surface area (Å²) < 4.78 is 14.2. The molecule has 24 heavy (non-hydrogen) atoms. The molecule has 1 aromatic carbocycles. The van der Waals surface area contributed by atoms with E-state index in [1.807, 2.05) is 6.07 Å². The first-order chi connectivity index (χ1) is 11.6. The molecule has 1 aliphatic rings. The highest BCUT2D eigenvalue weighted by atomic mass is 19.1. The molecule has 0 saturated carbocycles. The average Bonchev–Trinajstić information content (AvgIpc) is 3.03. The highest BCUT2D eigenvalue weighted by Crippen LogP contribution is 2.30. The predicted octanol–water partition coefficient (Wildman–Crippen LogP) is 2.77. The second-order valence-corrected chi connectivity index (χ2v) is 5.55. The molecule has 0 bridgehead atoms. The lowest BCUT2D eigenvalue weighted by molar-refractivity contribution is -0.116. The summed E-state index contributed by atoms with van der Waals surface area (Å²) in [5.41, 5.74) is 2.23. The van der Waals surface area contributed by atoms with Gasteiger partial charge in [0.05, 0.1) is 11.1 Å². The van der Waals surface area contributed by atoms with Crippen molar-refractivity contribution in [2.24, 2.45) is 0 Å². The van der Waals surface area contributed by atoms with Crippen LogP contribution in [0.5, 0.6) is 0 Å². The molecular weight excluding hydrogens is 311 g/mol. The lowest BCUT2D eigenvalue weighted by Crippen LogP contribution is -2.20. The Labute approximate surface area is 136 Å². The maximum atomic E-state index is 14.2. The van der Waals surface area contributed by atoms with Gasteiger partial charge in [-0.3, -0.25) is 4.79 Å². The minimum absolute atomic E-state index is 0.165. The molecule has 1 aliphatic heterocycles. The van der Waals surface area contributed by atoms with Crippen LogP contribution in [-0.4, -0.2) is 27.9 Å². The number of H-pyrrole nitrogens is 1. The summed E-state index contributed by atoms with van der Waals surface area (Å²) in [5, 5.41) is 9.49. The molecule has 3 heterocycles. The second kappa shape index (κ2) is 5.48. The van der Waals surface area contributed by atoms with Crippen LogP contribution in [-0.2, 0) is 11.2 Å². The Kier molecular flexibility index (Phi) is 3.30. The summed E-state index contributed by atoms with van der Waals surface area (Å²) in [5.74, 6) is 0.391. The Hall–Kier alpha value is -3.16. The summed E-state index contributed by atoms with van der Waals surface area (Å²) in [7, 11) is 1.78. The van der Waals surface area contributed by atoms with E-state index in [1.54, 1.807) is 19.3 Å². The number of carbonyl (C=O) groups is 1. The van der Waals surface area contributed by atoms with Crippen LogP contribution in [0.15, 0.2) is 24.4 Å². The van der Waals surface area contributed by atoms with Gasteiger partial charge < -0.3 is 20.9 Å². The number of nitrogens with zero attached hydrogens (tertiary/aromatic N) is 2. The van der Waals surface area contributed by atoms with Gasteiger partial charge in [0.1, 0.15) is 17.3 Å². The van der Waals surface area contributed by atoms with Crippen molar-refractivity contribution in [3.63, 3.8) is 0 Å². The molecule has 0 spiro atoms. The van der Waals surface area contributed by atoms with Crippen molar-refractivity contribution in [3.05, 3.63) is 35.8 Å². The van der Waals surface area contributed by atoms with E-state index in [0.29, 0.717) is 35.9 Å². The lowest BCUT2D eigenvalue weighted by atomic mass is 10.0. The number of carbonyl (C=O) groups excluding carboxylic acids is 1. The van der Waals surface area contributed by atoms with Gasteiger partial charge in [0.2, 0.25) is 11.9 Å². The van der Waals surface area contributed by atoms with Crippen LogP contribution in [0.4, 0.5) is 27.5 Å². The van der Waals surface area contributed by atoms with Gasteiger partial charge in [-0.2, -0.15) is 9.97 Å². The van der Waals surface area contributed by atoms with Gasteiger partial charge in [0.15, 0.2) is 0 Å². The number of hydrogen-bond donors (Lipinski definition) is 4. The van der Waals surface area contributed by atoms with Gasteiger partial charge in [0.25, 0.3) is 0 Å². The number of halogens is 1. The number of fused-ring (bicyclic) bond motifs is 2. The van der Waals surface area contributed by atoms with E-state index in [9.17, 15) is 9.18 Å². The predicted molar refractivity (Wildman–Crippen MR) is 90.1 cm³/mol. The van der Waals surface area contributed by atoms with Crippen LogP contribution in [0, 0.1) is 5.82 Å². The van der Waals surface area contributed by atoms with Crippen LogP contribution < -0.4 is 16.0 Å². The van der Waals surface area contributed by atoms with E-state index < -0.39 is 5.82 Å². The van der Waals surface area contributed by atoms with Crippen LogP contribution in [0.3, 0.4) is 0 Å². The zero-order valence-corrected chi connectivity index (χ0v) is 12.9. The standard InChI is InChI=1S/C16H15FN6O/c1-18-14-10-4-5-19-15(10)23-16(22-14)20-9-6-8-2-3-12(24)21-13(8)11(17)7-9/h4-7H,2-3H2,1H3,(H,21,24)(H3,18,19,20,22,23).